The Morgan fingerprint density at radius 3 is 2.38 bits per heavy atom. The molecule has 0 saturated heterocycles. The maximum atomic E-state index is 13.8. The van der Waals surface area contributed by atoms with Crippen molar-refractivity contribution in [2.45, 2.75) is 26.9 Å². The maximum Gasteiger partial charge on any atom is 0.217 e. The average Bonchev–Trinajstić information content (AvgIpc) is 2.57. The molecule has 0 saturated carbocycles. The summed E-state index contributed by atoms with van der Waals surface area (Å²) < 4.78 is 25.0. The molecule has 6 heteroatoms. The number of aryl methyl sites for hydroxylation is 1. The number of hydrogen-bond acceptors (Lipinski definition) is 4. The van der Waals surface area contributed by atoms with Crippen LogP contribution in [0.15, 0.2) is 48.5 Å². The molecule has 0 spiro atoms. The van der Waals surface area contributed by atoms with E-state index in [2.05, 4.69) is 9.97 Å². The fraction of sp³-hybridized carbons (Fsp3) is 0.200. The van der Waals surface area contributed by atoms with Gasteiger partial charge in [0.05, 0.1) is 6.10 Å². The standard InChI is InChI=1S/C20H18ClFN2O2/c1-12(2)25-19-10-13(3)23-20(24-19)14-4-7-16(8-5-14)26-18-9-6-15(21)11-17(18)22/h4-12H,1-3H3. The minimum atomic E-state index is -0.515. The fourth-order valence-corrected chi connectivity index (χ4v) is 2.49. The molecule has 4 nitrogen and oxygen atoms in total. The molecule has 3 aromatic rings. The quantitative estimate of drug-likeness (QED) is 0.565. The molecule has 0 fully saturated rings. The smallest absolute Gasteiger partial charge is 0.217 e. The normalized spacial score (nSPS) is 10.8. The minimum Gasteiger partial charge on any atom is -0.475 e. The van der Waals surface area contributed by atoms with Gasteiger partial charge < -0.3 is 9.47 Å². The monoisotopic (exact) mass is 372 g/mol. The van der Waals surface area contributed by atoms with Gasteiger partial charge in [0.2, 0.25) is 5.88 Å². The van der Waals surface area contributed by atoms with Gasteiger partial charge in [-0.3, -0.25) is 0 Å². The number of nitrogens with zero attached hydrogens (tertiary/aromatic N) is 2. The Balaban J connectivity index is 1.82. The highest BCUT2D eigenvalue weighted by molar-refractivity contribution is 6.30. The molecule has 3 rings (SSSR count). The third kappa shape index (κ3) is 4.49. The molecule has 0 radical (unpaired) electrons. The Morgan fingerprint density at radius 1 is 1.00 bits per heavy atom. The number of halogens is 2. The number of ether oxygens (including phenoxy) is 2. The van der Waals surface area contributed by atoms with Crippen LogP contribution in [0.5, 0.6) is 17.4 Å². The van der Waals surface area contributed by atoms with E-state index in [1.807, 2.05) is 32.9 Å². The lowest BCUT2D eigenvalue weighted by Gasteiger charge is -2.11. The van der Waals surface area contributed by atoms with E-state index < -0.39 is 5.82 Å². The van der Waals surface area contributed by atoms with E-state index in [4.69, 9.17) is 21.1 Å². The zero-order valence-corrected chi connectivity index (χ0v) is 15.4. The van der Waals surface area contributed by atoms with E-state index in [0.29, 0.717) is 22.5 Å². The van der Waals surface area contributed by atoms with Crippen LogP contribution in [-0.4, -0.2) is 16.1 Å². The third-order valence-electron chi connectivity index (χ3n) is 3.42. The Morgan fingerprint density at radius 2 is 1.73 bits per heavy atom. The van der Waals surface area contributed by atoms with Gasteiger partial charge in [-0.2, -0.15) is 4.98 Å². The lowest BCUT2D eigenvalue weighted by molar-refractivity contribution is 0.232. The van der Waals surface area contributed by atoms with Crippen molar-refractivity contribution in [3.05, 3.63) is 65.1 Å². The predicted octanol–water partition coefficient (Wildman–Crippen LogP) is 5.82. The first-order valence-electron chi connectivity index (χ1n) is 8.16. The molecule has 0 aliphatic rings. The van der Waals surface area contributed by atoms with Gasteiger partial charge in [0.15, 0.2) is 17.4 Å². The number of hydrogen-bond donors (Lipinski definition) is 0. The highest BCUT2D eigenvalue weighted by Gasteiger charge is 2.09. The summed E-state index contributed by atoms with van der Waals surface area (Å²) in [5.41, 5.74) is 1.63. The summed E-state index contributed by atoms with van der Waals surface area (Å²) >= 11 is 5.75. The van der Waals surface area contributed by atoms with Crippen molar-refractivity contribution < 1.29 is 13.9 Å². The highest BCUT2D eigenvalue weighted by Crippen LogP contribution is 2.28. The fourth-order valence-electron chi connectivity index (χ4n) is 2.33. The van der Waals surface area contributed by atoms with Gasteiger partial charge in [-0.15, -0.1) is 0 Å². The molecule has 0 atom stereocenters. The van der Waals surface area contributed by atoms with Gasteiger partial charge in [-0.1, -0.05) is 11.6 Å². The molecule has 1 aromatic heterocycles. The maximum absolute atomic E-state index is 13.8. The molecule has 26 heavy (non-hydrogen) atoms. The second kappa shape index (κ2) is 7.70. The van der Waals surface area contributed by atoms with Crippen molar-refractivity contribution in [2.24, 2.45) is 0 Å². The molecule has 0 bridgehead atoms. The number of benzene rings is 2. The van der Waals surface area contributed by atoms with Gasteiger partial charge in [0.1, 0.15) is 5.75 Å². The van der Waals surface area contributed by atoms with Crippen LogP contribution in [0.25, 0.3) is 11.4 Å². The topological polar surface area (TPSA) is 44.2 Å². The summed E-state index contributed by atoms with van der Waals surface area (Å²) in [6.45, 7) is 5.78. The summed E-state index contributed by atoms with van der Waals surface area (Å²) in [5, 5.41) is 0.321. The summed E-state index contributed by atoms with van der Waals surface area (Å²) in [4.78, 5) is 8.87. The Bertz CT molecular complexity index is 914. The van der Waals surface area contributed by atoms with Crippen molar-refractivity contribution in [1.82, 2.24) is 9.97 Å². The average molecular weight is 373 g/mol. The van der Waals surface area contributed by atoms with Crippen LogP contribution >= 0.6 is 11.6 Å². The number of rotatable bonds is 5. The van der Waals surface area contributed by atoms with Gasteiger partial charge in [0.25, 0.3) is 0 Å². The summed E-state index contributed by atoms with van der Waals surface area (Å²) in [7, 11) is 0. The largest absolute Gasteiger partial charge is 0.475 e. The van der Waals surface area contributed by atoms with Gasteiger partial charge in [0, 0.05) is 22.3 Å². The molecule has 134 valence electrons. The summed E-state index contributed by atoms with van der Waals surface area (Å²) in [5.74, 6) is 1.19. The predicted molar refractivity (Wildman–Crippen MR) is 99.5 cm³/mol. The summed E-state index contributed by atoms with van der Waals surface area (Å²) in [6, 6.07) is 13.2. The Kier molecular flexibility index (Phi) is 5.38. The van der Waals surface area contributed by atoms with Crippen LogP contribution in [0.3, 0.4) is 0 Å². The van der Waals surface area contributed by atoms with Crippen molar-refractivity contribution in [3.8, 4) is 28.8 Å². The molecule has 0 aliphatic heterocycles. The molecular weight excluding hydrogens is 355 g/mol. The van der Waals surface area contributed by atoms with Gasteiger partial charge in [-0.05, 0) is 63.2 Å². The summed E-state index contributed by atoms with van der Waals surface area (Å²) in [6.07, 6.45) is 0.0298. The first kappa shape index (κ1) is 18.1. The number of aromatic nitrogens is 2. The zero-order valence-electron chi connectivity index (χ0n) is 14.7. The van der Waals surface area contributed by atoms with E-state index in [0.717, 1.165) is 11.3 Å². The highest BCUT2D eigenvalue weighted by atomic mass is 35.5. The van der Waals surface area contributed by atoms with E-state index >= 15 is 0 Å². The van der Waals surface area contributed by atoms with Crippen LogP contribution in [0.1, 0.15) is 19.5 Å². The Labute approximate surface area is 156 Å². The molecule has 0 amide bonds. The Hall–Kier alpha value is -2.66. The van der Waals surface area contributed by atoms with Gasteiger partial charge >= 0.3 is 0 Å². The van der Waals surface area contributed by atoms with Crippen LogP contribution in [-0.2, 0) is 0 Å². The van der Waals surface area contributed by atoms with Gasteiger partial charge in [-0.25, -0.2) is 9.37 Å². The van der Waals surface area contributed by atoms with E-state index in [9.17, 15) is 4.39 Å². The van der Waals surface area contributed by atoms with E-state index in [-0.39, 0.29) is 11.9 Å². The SMILES string of the molecule is Cc1cc(OC(C)C)nc(-c2ccc(Oc3ccc(Cl)cc3F)cc2)n1. The van der Waals surface area contributed by atoms with Crippen LogP contribution in [0.2, 0.25) is 5.02 Å². The molecular formula is C20H18ClFN2O2. The van der Waals surface area contributed by atoms with E-state index in [1.54, 1.807) is 24.3 Å². The second-order valence-electron chi connectivity index (χ2n) is 6.04. The first-order valence-corrected chi connectivity index (χ1v) is 8.54. The molecule has 0 N–H and O–H groups in total. The lowest BCUT2D eigenvalue weighted by Crippen LogP contribution is -2.08. The van der Waals surface area contributed by atoms with E-state index in [1.165, 1.54) is 12.1 Å². The second-order valence-corrected chi connectivity index (χ2v) is 6.48. The molecule has 0 unspecified atom stereocenters. The minimum absolute atomic E-state index is 0.0298. The van der Waals surface area contributed by atoms with Crippen molar-refractivity contribution in [1.29, 1.82) is 0 Å². The van der Waals surface area contributed by atoms with Crippen LogP contribution in [0, 0.1) is 12.7 Å². The molecule has 2 aromatic carbocycles. The lowest BCUT2D eigenvalue weighted by atomic mass is 10.2. The molecule has 0 aliphatic carbocycles. The van der Waals surface area contributed by atoms with Crippen molar-refractivity contribution >= 4 is 11.6 Å². The van der Waals surface area contributed by atoms with Crippen LogP contribution < -0.4 is 9.47 Å². The zero-order chi connectivity index (χ0) is 18.7. The first-order chi connectivity index (χ1) is 12.4. The molecule has 1 heterocycles. The van der Waals surface area contributed by atoms with Crippen LogP contribution in [0.4, 0.5) is 4.39 Å². The third-order valence-corrected chi connectivity index (χ3v) is 3.66. The van der Waals surface area contributed by atoms with Crippen molar-refractivity contribution in [3.63, 3.8) is 0 Å². The van der Waals surface area contributed by atoms with Crippen molar-refractivity contribution in [2.75, 3.05) is 0 Å².